The first kappa shape index (κ1) is 27.3. The third kappa shape index (κ3) is 6.90. The molecule has 1 saturated heterocycles. The van der Waals surface area contributed by atoms with Crippen LogP contribution in [0, 0.1) is 5.92 Å². The van der Waals surface area contributed by atoms with Crippen molar-refractivity contribution >= 4 is 17.7 Å². The number of fused-ring (bicyclic) bond motifs is 1. The molecule has 194 valence electrons. The van der Waals surface area contributed by atoms with Crippen LogP contribution in [-0.4, -0.2) is 65.5 Å². The van der Waals surface area contributed by atoms with Gasteiger partial charge in [0.2, 0.25) is 17.7 Å². The summed E-state index contributed by atoms with van der Waals surface area (Å²) in [5, 5.41) is 15.8. The second-order valence-corrected chi connectivity index (χ2v) is 9.87. The Hall–Kier alpha value is -2.29. The largest absolute Gasteiger partial charge is 0.390 e. The Kier molecular flexibility index (Phi) is 10.2. The molecule has 1 fully saturated rings. The molecular formula is C27H42N4O4. The van der Waals surface area contributed by atoms with Crippen molar-refractivity contribution in [2.75, 3.05) is 19.6 Å². The van der Waals surface area contributed by atoms with E-state index in [0.717, 1.165) is 31.2 Å². The Morgan fingerprint density at radius 3 is 2.49 bits per heavy atom. The van der Waals surface area contributed by atoms with E-state index in [1.807, 2.05) is 19.9 Å². The highest BCUT2D eigenvalue weighted by molar-refractivity contribution is 6.03. The van der Waals surface area contributed by atoms with Crippen LogP contribution in [0.15, 0.2) is 18.2 Å². The summed E-state index contributed by atoms with van der Waals surface area (Å²) in [6.45, 7) is 4.56. The number of aryl methyl sites for hydroxylation is 2. The van der Waals surface area contributed by atoms with Crippen LogP contribution < -0.4 is 16.4 Å². The predicted octanol–water partition coefficient (Wildman–Crippen LogP) is 1.46. The first-order valence-electron chi connectivity index (χ1n) is 13.3. The fourth-order valence-electron chi connectivity index (χ4n) is 5.17. The number of nitrogens with two attached hydrogens (primary N) is 1. The number of hydrogen-bond donors (Lipinski definition) is 4. The zero-order valence-electron chi connectivity index (χ0n) is 21.2. The van der Waals surface area contributed by atoms with E-state index in [1.54, 1.807) is 0 Å². The zero-order chi connectivity index (χ0) is 25.4. The van der Waals surface area contributed by atoms with Crippen molar-refractivity contribution in [3.8, 4) is 0 Å². The van der Waals surface area contributed by atoms with Crippen molar-refractivity contribution in [2.24, 2.45) is 11.7 Å². The third-order valence-corrected chi connectivity index (χ3v) is 7.41. The smallest absolute Gasteiger partial charge is 0.247 e. The van der Waals surface area contributed by atoms with Gasteiger partial charge in [0.1, 0.15) is 6.04 Å². The van der Waals surface area contributed by atoms with Gasteiger partial charge in [0.15, 0.2) is 0 Å². The molecule has 1 aromatic carbocycles. The van der Waals surface area contributed by atoms with Gasteiger partial charge in [-0.15, -0.1) is 0 Å². The highest BCUT2D eigenvalue weighted by Crippen LogP contribution is 2.25. The number of nitrogens with zero attached hydrogens (tertiary/aromatic N) is 1. The number of benzene rings is 1. The maximum atomic E-state index is 13.7. The second-order valence-electron chi connectivity index (χ2n) is 9.87. The summed E-state index contributed by atoms with van der Waals surface area (Å²) in [7, 11) is 0. The molecule has 2 aliphatic rings. The normalized spacial score (nSPS) is 19.2. The van der Waals surface area contributed by atoms with Crippen molar-refractivity contribution in [3.63, 3.8) is 0 Å². The van der Waals surface area contributed by atoms with Crippen LogP contribution in [0.2, 0.25) is 0 Å². The molecular weight excluding hydrogens is 444 g/mol. The van der Waals surface area contributed by atoms with E-state index >= 15 is 0 Å². The van der Waals surface area contributed by atoms with Crippen molar-refractivity contribution < 1.29 is 19.5 Å². The Bertz CT molecular complexity index is 866. The molecule has 0 saturated carbocycles. The number of rotatable bonds is 11. The number of carbonyl (C=O) groups excluding carboxylic acids is 3. The van der Waals surface area contributed by atoms with Gasteiger partial charge in [-0.2, -0.15) is 0 Å². The highest BCUT2D eigenvalue weighted by atomic mass is 16.3. The first-order chi connectivity index (χ1) is 16.9. The van der Waals surface area contributed by atoms with E-state index in [2.05, 4.69) is 22.8 Å². The summed E-state index contributed by atoms with van der Waals surface area (Å²) < 4.78 is 0. The van der Waals surface area contributed by atoms with Gasteiger partial charge in [-0.3, -0.25) is 19.3 Å². The summed E-state index contributed by atoms with van der Waals surface area (Å²) >= 11 is 0. The van der Waals surface area contributed by atoms with Crippen molar-refractivity contribution in [2.45, 2.75) is 89.8 Å². The Morgan fingerprint density at radius 2 is 1.86 bits per heavy atom. The van der Waals surface area contributed by atoms with E-state index in [1.165, 1.54) is 22.4 Å². The number of carbonyl (C=O) groups is 3. The number of amides is 3. The lowest BCUT2D eigenvalue weighted by Crippen LogP contribution is -2.59. The lowest BCUT2D eigenvalue weighted by molar-refractivity contribution is -0.155. The third-order valence-electron chi connectivity index (χ3n) is 7.41. The number of aliphatic hydroxyl groups excluding tert-OH is 1. The van der Waals surface area contributed by atoms with Gasteiger partial charge in [-0.05, 0) is 74.6 Å². The summed E-state index contributed by atoms with van der Waals surface area (Å²) in [4.78, 5) is 42.1. The maximum Gasteiger partial charge on any atom is 0.247 e. The Balaban J connectivity index is 1.96. The van der Waals surface area contributed by atoms with Crippen LogP contribution in [0.5, 0.6) is 0 Å². The van der Waals surface area contributed by atoms with E-state index in [9.17, 15) is 19.5 Å². The molecule has 35 heavy (non-hydrogen) atoms. The van der Waals surface area contributed by atoms with Crippen LogP contribution in [0.3, 0.4) is 0 Å². The minimum absolute atomic E-state index is 0.0110. The molecule has 1 aliphatic heterocycles. The first-order valence-corrected chi connectivity index (χ1v) is 13.3. The molecule has 1 aromatic rings. The summed E-state index contributed by atoms with van der Waals surface area (Å²) in [6, 6.07) is 4.79. The fourth-order valence-corrected chi connectivity index (χ4v) is 5.17. The van der Waals surface area contributed by atoms with E-state index < -0.39 is 24.1 Å². The van der Waals surface area contributed by atoms with Crippen LogP contribution in [0.4, 0.5) is 0 Å². The molecule has 8 heteroatoms. The second kappa shape index (κ2) is 13.1. The average Bonchev–Trinajstić information content (AvgIpc) is 3.42. The summed E-state index contributed by atoms with van der Waals surface area (Å²) in [5.74, 6) is -1.42. The fraction of sp³-hybridized carbons (Fsp3) is 0.667. The average molecular weight is 487 g/mol. The maximum absolute atomic E-state index is 13.7. The highest BCUT2D eigenvalue weighted by Gasteiger charge is 2.40. The van der Waals surface area contributed by atoms with Gasteiger partial charge >= 0.3 is 0 Å². The van der Waals surface area contributed by atoms with Gasteiger partial charge in [0.25, 0.3) is 0 Å². The van der Waals surface area contributed by atoms with Gasteiger partial charge in [0, 0.05) is 25.4 Å². The quantitative estimate of drug-likeness (QED) is 0.375. The van der Waals surface area contributed by atoms with Crippen molar-refractivity contribution in [1.29, 1.82) is 0 Å². The summed E-state index contributed by atoms with van der Waals surface area (Å²) in [6.07, 6.45) is 6.42. The van der Waals surface area contributed by atoms with Gasteiger partial charge < -0.3 is 21.5 Å². The molecule has 1 aliphatic carbocycles. The minimum atomic E-state index is -0.996. The van der Waals surface area contributed by atoms with Gasteiger partial charge in [-0.1, -0.05) is 32.0 Å². The molecule has 0 bridgehead atoms. The minimum Gasteiger partial charge on any atom is -0.390 e. The molecule has 0 radical (unpaired) electrons. The molecule has 3 rings (SSSR count). The van der Waals surface area contributed by atoms with Crippen LogP contribution in [0.25, 0.3) is 0 Å². The van der Waals surface area contributed by atoms with Crippen molar-refractivity contribution in [3.05, 3.63) is 34.9 Å². The molecule has 3 amide bonds. The molecule has 1 heterocycles. The van der Waals surface area contributed by atoms with Crippen molar-refractivity contribution in [1.82, 2.24) is 15.5 Å². The van der Waals surface area contributed by atoms with E-state index in [-0.39, 0.29) is 37.2 Å². The van der Waals surface area contributed by atoms with Crippen LogP contribution in [-0.2, 0) is 33.6 Å². The molecule has 3 atom stereocenters. The zero-order valence-corrected chi connectivity index (χ0v) is 21.2. The SMILES string of the molecule is CCC(CC)C(=O)N(C(=O)[C@@H]1CCCN1)[C@H](Cc1ccc2c(c1)CCCC2)C(=O)NCC(O)CN. The number of hydrogen-bond acceptors (Lipinski definition) is 6. The molecule has 8 nitrogen and oxygen atoms in total. The standard InChI is InChI=1S/C27H42N4O4/c1-3-19(4-2)26(34)31(27(35)23-10-7-13-29-23)24(25(33)30-17-22(32)16-28)15-18-11-12-20-8-5-6-9-21(20)14-18/h11-12,14,19,22-24,29,32H,3-10,13,15-17,28H2,1-2H3,(H,30,33)/t22?,23-,24+/m0/s1. The number of aliphatic hydroxyl groups is 1. The lowest BCUT2D eigenvalue weighted by Gasteiger charge is -2.34. The topological polar surface area (TPSA) is 125 Å². The number of imide groups is 1. The lowest BCUT2D eigenvalue weighted by atomic mass is 9.89. The van der Waals surface area contributed by atoms with E-state index in [4.69, 9.17) is 5.73 Å². The van der Waals surface area contributed by atoms with Gasteiger partial charge in [-0.25, -0.2) is 0 Å². The molecule has 0 spiro atoms. The van der Waals surface area contributed by atoms with Crippen LogP contribution >= 0.6 is 0 Å². The van der Waals surface area contributed by atoms with E-state index in [0.29, 0.717) is 25.8 Å². The predicted molar refractivity (Wildman–Crippen MR) is 136 cm³/mol. The van der Waals surface area contributed by atoms with Gasteiger partial charge in [0.05, 0.1) is 12.1 Å². The molecule has 5 N–H and O–H groups in total. The number of nitrogens with one attached hydrogen (secondary N) is 2. The molecule has 0 aromatic heterocycles. The summed E-state index contributed by atoms with van der Waals surface area (Å²) in [5.41, 5.74) is 9.06. The Labute approximate surface area is 209 Å². The van der Waals surface area contributed by atoms with Crippen LogP contribution in [0.1, 0.15) is 69.1 Å². The molecule has 1 unspecified atom stereocenters. The monoisotopic (exact) mass is 486 g/mol. The Morgan fingerprint density at radius 1 is 1.14 bits per heavy atom.